The van der Waals surface area contributed by atoms with Crippen molar-refractivity contribution >= 4 is 21.6 Å². The molecule has 108 valence electrons. The molecule has 2 rings (SSSR count). The van der Waals surface area contributed by atoms with E-state index in [9.17, 15) is 18.0 Å². The van der Waals surface area contributed by atoms with Gasteiger partial charge in [-0.15, -0.1) is 0 Å². The van der Waals surface area contributed by atoms with Gasteiger partial charge in [0.2, 0.25) is 0 Å². The van der Waals surface area contributed by atoms with Crippen molar-refractivity contribution in [3.05, 3.63) is 29.8 Å². The molecule has 0 amide bonds. The first-order valence-corrected chi connectivity index (χ1v) is 8.15. The predicted octanol–water partition coefficient (Wildman–Crippen LogP) is 1.47. The molecule has 0 bridgehead atoms. The number of rotatable bonds is 3. The van der Waals surface area contributed by atoms with Gasteiger partial charge in [-0.2, -0.15) is 0 Å². The van der Waals surface area contributed by atoms with Crippen LogP contribution in [-0.2, 0) is 24.2 Å². The molecule has 20 heavy (non-hydrogen) atoms. The fraction of sp³-hybridized carbons (Fsp3) is 0.429. The largest absolute Gasteiger partial charge is 0.452 e. The lowest BCUT2D eigenvalue weighted by Gasteiger charge is -2.27. The summed E-state index contributed by atoms with van der Waals surface area (Å²) < 4.78 is 28.0. The number of hydrogen-bond acceptors (Lipinski definition) is 5. The average Bonchev–Trinajstić information content (AvgIpc) is 2.60. The van der Waals surface area contributed by atoms with Gasteiger partial charge in [-0.1, -0.05) is 19.1 Å². The van der Waals surface area contributed by atoms with Gasteiger partial charge in [-0.3, -0.25) is 4.79 Å². The number of Topliss-reactive ketones (excluding diaryl/α,β-unsaturated/α-hetero) is 1. The zero-order valence-corrected chi connectivity index (χ0v) is 12.4. The third-order valence-electron chi connectivity index (χ3n) is 3.74. The molecule has 6 heteroatoms. The Morgan fingerprint density at radius 1 is 1.20 bits per heavy atom. The summed E-state index contributed by atoms with van der Waals surface area (Å²) in [6, 6.07) is 6.01. The molecule has 0 aliphatic carbocycles. The lowest BCUT2D eigenvalue weighted by Crippen LogP contribution is -2.31. The molecule has 1 aromatic rings. The standard InChI is InChI=1S/C14H16O5S/c1-4-14(2)11(12(15)13(16)19-14)9-5-7-10(8-6-9)20(3,17)18/h5-8,11H,4H2,1-3H3/t11?,14-/m1/s1. The van der Waals surface area contributed by atoms with Crippen molar-refractivity contribution in [1.82, 2.24) is 0 Å². The highest BCUT2D eigenvalue weighted by Crippen LogP contribution is 2.40. The number of cyclic esters (lactones) is 1. The quantitative estimate of drug-likeness (QED) is 0.623. The number of benzene rings is 1. The molecule has 1 unspecified atom stereocenters. The average molecular weight is 296 g/mol. The third kappa shape index (κ3) is 2.35. The first-order valence-electron chi connectivity index (χ1n) is 6.26. The number of ketones is 1. The fourth-order valence-corrected chi connectivity index (χ4v) is 3.03. The first-order chi connectivity index (χ1) is 9.19. The van der Waals surface area contributed by atoms with Gasteiger partial charge in [0.05, 0.1) is 10.8 Å². The van der Waals surface area contributed by atoms with Crippen LogP contribution in [0.1, 0.15) is 31.7 Å². The number of sulfone groups is 1. The smallest absolute Gasteiger partial charge is 0.376 e. The van der Waals surface area contributed by atoms with Crippen LogP contribution in [0.4, 0.5) is 0 Å². The molecule has 2 atom stereocenters. The van der Waals surface area contributed by atoms with Gasteiger partial charge in [0.15, 0.2) is 9.84 Å². The Bertz CT molecular complexity index is 659. The molecule has 5 nitrogen and oxygen atoms in total. The van der Waals surface area contributed by atoms with Gasteiger partial charge in [-0.05, 0) is 31.0 Å². The molecule has 0 aromatic heterocycles. The van der Waals surface area contributed by atoms with Crippen molar-refractivity contribution in [2.45, 2.75) is 36.7 Å². The lowest BCUT2D eigenvalue weighted by molar-refractivity contribution is -0.152. The highest BCUT2D eigenvalue weighted by Gasteiger charge is 2.51. The van der Waals surface area contributed by atoms with Crippen LogP contribution in [0.2, 0.25) is 0 Å². The second kappa shape index (κ2) is 4.70. The van der Waals surface area contributed by atoms with Crippen LogP contribution in [0, 0.1) is 0 Å². The summed E-state index contributed by atoms with van der Waals surface area (Å²) in [5.74, 6) is -2.10. The van der Waals surface area contributed by atoms with Crippen LogP contribution in [0.3, 0.4) is 0 Å². The van der Waals surface area contributed by atoms with E-state index in [2.05, 4.69) is 0 Å². The summed E-state index contributed by atoms with van der Waals surface area (Å²) in [6.45, 7) is 3.55. The zero-order chi connectivity index (χ0) is 15.1. The summed E-state index contributed by atoms with van der Waals surface area (Å²) >= 11 is 0. The molecule has 1 heterocycles. The van der Waals surface area contributed by atoms with Crippen LogP contribution < -0.4 is 0 Å². The van der Waals surface area contributed by atoms with Gasteiger partial charge in [0.1, 0.15) is 5.60 Å². The van der Waals surface area contributed by atoms with Crippen LogP contribution in [0.5, 0.6) is 0 Å². The summed E-state index contributed by atoms with van der Waals surface area (Å²) in [5, 5.41) is 0. The van der Waals surface area contributed by atoms with E-state index in [1.54, 1.807) is 19.1 Å². The fourth-order valence-electron chi connectivity index (χ4n) is 2.40. The Morgan fingerprint density at radius 2 is 1.75 bits per heavy atom. The molecule has 0 radical (unpaired) electrons. The number of carbonyl (C=O) groups excluding carboxylic acids is 2. The van der Waals surface area contributed by atoms with Gasteiger partial charge in [-0.25, -0.2) is 13.2 Å². The summed E-state index contributed by atoms with van der Waals surface area (Å²) in [7, 11) is -3.28. The van der Waals surface area contributed by atoms with Crippen molar-refractivity contribution < 1.29 is 22.7 Å². The third-order valence-corrected chi connectivity index (χ3v) is 4.87. The Balaban J connectivity index is 2.45. The summed E-state index contributed by atoms with van der Waals surface area (Å²) in [4.78, 5) is 23.6. The van der Waals surface area contributed by atoms with E-state index in [-0.39, 0.29) is 4.90 Å². The molecular weight excluding hydrogens is 280 g/mol. The van der Waals surface area contributed by atoms with Crippen LogP contribution in [-0.4, -0.2) is 32.0 Å². The van der Waals surface area contributed by atoms with Crippen molar-refractivity contribution in [2.24, 2.45) is 0 Å². The minimum atomic E-state index is -3.28. The lowest BCUT2D eigenvalue weighted by atomic mass is 9.81. The molecular formula is C14H16O5S. The molecule has 1 saturated heterocycles. The van der Waals surface area contributed by atoms with E-state index in [0.29, 0.717) is 12.0 Å². The molecule has 1 aromatic carbocycles. The van der Waals surface area contributed by atoms with E-state index < -0.39 is 33.1 Å². The Morgan fingerprint density at radius 3 is 2.20 bits per heavy atom. The monoisotopic (exact) mass is 296 g/mol. The Labute approximate surface area is 117 Å². The molecule has 0 spiro atoms. The number of ether oxygens (including phenoxy) is 1. The van der Waals surface area contributed by atoms with Crippen LogP contribution >= 0.6 is 0 Å². The highest BCUT2D eigenvalue weighted by atomic mass is 32.2. The SMILES string of the molecule is CC[C@@]1(C)OC(=O)C(=O)C1c1ccc(S(C)(=O)=O)cc1. The maximum atomic E-state index is 12.0. The van der Waals surface area contributed by atoms with E-state index in [1.165, 1.54) is 12.1 Å². The van der Waals surface area contributed by atoms with Crippen LogP contribution in [0.25, 0.3) is 0 Å². The van der Waals surface area contributed by atoms with Gasteiger partial charge < -0.3 is 4.74 Å². The summed E-state index contributed by atoms with van der Waals surface area (Å²) in [5.41, 5.74) is -0.279. The summed E-state index contributed by atoms with van der Waals surface area (Å²) in [6.07, 6.45) is 1.62. The van der Waals surface area contributed by atoms with Gasteiger partial charge >= 0.3 is 5.97 Å². The number of esters is 1. The van der Waals surface area contributed by atoms with Crippen molar-refractivity contribution in [3.63, 3.8) is 0 Å². The van der Waals surface area contributed by atoms with E-state index >= 15 is 0 Å². The first kappa shape index (κ1) is 14.7. The Hall–Kier alpha value is -1.69. The van der Waals surface area contributed by atoms with Crippen molar-refractivity contribution in [3.8, 4) is 0 Å². The molecule has 1 aliphatic heterocycles. The van der Waals surface area contributed by atoms with Gasteiger partial charge in [0, 0.05) is 6.26 Å². The minimum Gasteiger partial charge on any atom is -0.452 e. The van der Waals surface area contributed by atoms with E-state index in [0.717, 1.165) is 6.26 Å². The highest BCUT2D eigenvalue weighted by molar-refractivity contribution is 7.90. The number of carbonyl (C=O) groups is 2. The van der Waals surface area contributed by atoms with Crippen molar-refractivity contribution in [1.29, 1.82) is 0 Å². The second-order valence-electron chi connectivity index (χ2n) is 5.19. The maximum Gasteiger partial charge on any atom is 0.376 e. The van der Waals surface area contributed by atoms with E-state index in [4.69, 9.17) is 4.74 Å². The van der Waals surface area contributed by atoms with Crippen LogP contribution in [0.15, 0.2) is 29.2 Å². The maximum absolute atomic E-state index is 12.0. The normalized spacial score (nSPS) is 26.6. The Kier molecular flexibility index (Phi) is 3.46. The predicted molar refractivity (Wildman–Crippen MR) is 72.1 cm³/mol. The van der Waals surface area contributed by atoms with Crippen molar-refractivity contribution in [2.75, 3.05) is 6.26 Å². The minimum absolute atomic E-state index is 0.178. The zero-order valence-electron chi connectivity index (χ0n) is 11.5. The topological polar surface area (TPSA) is 77.5 Å². The van der Waals surface area contributed by atoms with Gasteiger partial charge in [0.25, 0.3) is 5.78 Å². The van der Waals surface area contributed by atoms with E-state index in [1.807, 2.05) is 6.92 Å². The molecule has 1 aliphatic rings. The molecule has 1 fully saturated rings. The number of hydrogen-bond donors (Lipinski definition) is 0. The molecule has 0 N–H and O–H groups in total. The second-order valence-corrected chi connectivity index (χ2v) is 7.21. The molecule has 0 saturated carbocycles.